The fraction of sp³-hybridized carbons (Fsp3) is 0.250. The molecule has 1 aliphatic heterocycles. The van der Waals surface area contributed by atoms with Crippen LogP contribution in [0.5, 0.6) is 0 Å². The number of carbonyl (C=O) groups is 2. The van der Waals surface area contributed by atoms with Gasteiger partial charge in [0, 0.05) is 22.4 Å². The molecule has 0 unspecified atom stereocenters. The molecule has 0 radical (unpaired) electrons. The quantitative estimate of drug-likeness (QED) is 0.659. The van der Waals surface area contributed by atoms with Gasteiger partial charge < -0.3 is 5.32 Å². The molecule has 2 rings (SSSR count). The van der Waals surface area contributed by atoms with E-state index >= 15 is 0 Å². The van der Waals surface area contributed by atoms with Crippen molar-refractivity contribution in [1.82, 2.24) is 5.32 Å². The maximum absolute atomic E-state index is 12.1. The molecular formula is C16H16ClNO2S. The molecule has 1 aromatic rings. The number of benzene rings is 1. The Labute approximate surface area is 133 Å². The van der Waals surface area contributed by atoms with Gasteiger partial charge in [-0.15, -0.1) is 11.8 Å². The summed E-state index contributed by atoms with van der Waals surface area (Å²) in [6.07, 6.45) is 7.29. The van der Waals surface area contributed by atoms with Gasteiger partial charge in [0.25, 0.3) is 0 Å². The van der Waals surface area contributed by atoms with Gasteiger partial charge in [-0.2, -0.15) is 0 Å². The molecule has 1 heterocycles. The van der Waals surface area contributed by atoms with Crippen LogP contribution in [0.2, 0.25) is 5.02 Å². The smallest absolute Gasteiger partial charge is 0.173 e. The van der Waals surface area contributed by atoms with Crippen molar-refractivity contribution in [3.63, 3.8) is 0 Å². The highest BCUT2D eigenvalue weighted by Gasteiger charge is 2.09. The van der Waals surface area contributed by atoms with Crippen molar-refractivity contribution in [2.45, 2.75) is 19.3 Å². The molecule has 5 heteroatoms. The van der Waals surface area contributed by atoms with Crippen molar-refractivity contribution in [2.24, 2.45) is 0 Å². The Morgan fingerprint density at radius 3 is 2.81 bits per heavy atom. The lowest BCUT2D eigenvalue weighted by molar-refractivity contribution is -0.105. The molecule has 110 valence electrons. The number of hydrogen-bond acceptors (Lipinski definition) is 4. The maximum Gasteiger partial charge on any atom is 0.173 e. The van der Waals surface area contributed by atoms with Gasteiger partial charge in [-0.3, -0.25) is 9.59 Å². The number of rotatable bonds is 5. The van der Waals surface area contributed by atoms with Gasteiger partial charge in [-0.05, 0) is 43.5 Å². The zero-order valence-electron chi connectivity index (χ0n) is 11.5. The van der Waals surface area contributed by atoms with Crippen molar-refractivity contribution in [3.8, 4) is 0 Å². The molecule has 1 N–H and O–H groups in total. The molecule has 0 aromatic heterocycles. The van der Waals surface area contributed by atoms with Crippen LogP contribution in [0, 0.1) is 0 Å². The molecule has 0 atom stereocenters. The van der Waals surface area contributed by atoms with Crippen LogP contribution in [-0.2, 0) is 4.79 Å². The highest BCUT2D eigenvalue weighted by molar-refractivity contribution is 8.03. The summed E-state index contributed by atoms with van der Waals surface area (Å²) in [6, 6.07) is 6.89. The molecule has 3 nitrogen and oxygen atoms in total. The van der Waals surface area contributed by atoms with Gasteiger partial charge in [0.2, 0.25) is 0 Å². The summed E-state index contributed by atoms with van der Waals surface area (Å²) in [5, 5.41) is 4.63. The van der Waals surface area contributed by atoms with Crippen LogP contribution in [0.25, 0.3) is 0 Å². The number of nitrogens with one attached hydrogen (secondary N) is 1. The van der Waals surface area contributed by atoms with Crippen LogP contribution in [-0.4, -0.2) is 17.8 Å². The minimum Gasteiger partial charge on any atom is -0.356 e. The third-order valence-electron chi connectivity index (χ3n) is 3.08. The predicted octanol–water partition coefficient (Wildman–Crippen LogP) is 3.95. The number of hydrogen-bond donors (Lipinski definition) is 1. The third kappa shape index (κ3) is 5.06. The number of allylic oxidation sites excluding steroid dienone is 2. The van der Waals surface area contributed by atoms with E-state index in [0.29, 0.717) is 16.3 Å². The first-order chi connectivity index (χ1) is 10.2. The second-order valence-corrected chi connectivity index (χ2v) is 6.11. The van der Waals surface area contributed by atoms with E-state index in [1.54, 1.807) is 30.5 Å². The molecule has 0 amide bonds. The minimum absolute atomic E-state index is 0.0565. The number of halogens is 1. The lowest BCUT2D eigenvalue weighted by atomic mass is 10.1. The molecule has 1 aromatic carbocycles. The molecule has 1 aliphatic rings. The van der Waals surface area contributed by atoms with E-state index in [0.717, 1.165) is 36.2 Å². The minimum atomic E-state index is 0.0565. The predicted molar refractivity (Wildman–Crippen MR) is 87.5 cm³/mol. The van der Waals surface area contributed by atoms with Gasteiger partial charge in [0.1, 0.15) is 6.29 Å². The number of carbonyl (C=O) groups excluding carboxylic acids is 2. The SMILES string of the molecule is O=C/C1=C/N/C(SCC(=O)c2ccc(Cl)cc2)=C/CCC1. The van der Waals surface area contributed by atoms with Gasteiger partial charge in [0.15, 0.2) is 5.78 Å². The van der Waals surface area contributed by atoms with Crippen LogP contribution >= 0.6 is 23.4 Å². The molecule has 0 spiro atoms. The Kier molecular flexibility index (Phi) is 6.08. The van der Waals surface area contributed by atoms with E-state index in [9.17, 15) is 9.59 Å². The average Bonchev–Trinajstić information content (AvgIpc) is 2.47. The summed E-state index contributed by atoms with van der Waals surface area (Å²) in [6.45, 7) is 0. The van der Waals surface area contributed by atoms with E-state index < -0.39 is 0 Å². The van der Waals surface area contributed by atoms with Crippen LogP contribution in [0.15, 0.2) is 47.1 Å². The van der Waals surface area contributed by atoms with Gasteiger partial charge >= 0.3 is 0 Å². The average molecular weight is 322 g/mol. The van der Waals surface area contributed by atoms with Gasteiger partial charge in [-0.25, -0.2) is 0 Å². The summed E-state index contributed by atoms with van der Waals surface area (Å²) in [5.41, 5.74) is 1.41. The Bertz CT molecular complexity index is 578. The zero-order valence-corrected chi connectivity index (χ0v) is 13.0. The Morgan fingerprint density at radius 2 is 2.10 bits per heavy atom. The molecule has 0 saturated carbocycles. The maximum atomic E-state index is 12.1. The topological polar surface area (TPSA) is 46.2 Å². The Morgan fingerprint density at radius 1 is 1.33 bits per heavy atom. The number of aldehydes is 1. The molecule has 0 saturated heterocycles. The second-order valence-electron chi connectivity index (χ2n) is 4.66. The molecule has 21 heavy (non-hydrogen) atoms. The van der Waals surface area contributed by atoms with E-state index in [1.807, 2.05) is 0 Å². The summed E-state index contributed by atoms with van der Waals surface area (Å²) in [5.74, 6) is 0.408. The summed E-state index contributed by atoms with van der Waals surface area (Å²) in [4.78, 5) is 22.9. The first kappa shape index (κ1) is 15.9. The van der Waals surface area contributed by atoms with Crippen LogP contribution < -0.4 is 5.32 Å². The monoisotopic (exact) mass is 321 g/mol. The zero-order chi connectivity index (χ0) is 15.1. The number of Topliss-reactive ketones (excluding diaryl/α,β-unsaturated/α-hetero) is 1. The van der Waals surface area contributed by atoms with E-state index in [-0.39, 0.29) is 5.78 Å². The van der Waals surface area contributed by atoms with E-state index in [1.165, 1.54) is 11.8 Å². The number of thioether (sulfide) groups is 1. The highest BCUT2D eigenvalue weighted by atomic mass is 35.5. The molecule has 0 bridgehead atoms. The largest absolute Gasteiger partial charge is 0.356 e. The number of ketones is 1. The highest BCUT2D eigenvalue weighted by Crippen LogP contribution is 2.20. The third-order valence-corrected chi connectivity index (χ3v) is 4.33. The Balaban J connectivity index is 1.92. The fourth-order valence-electron chi connectivity index (χ4n) is 1.89. The van der Waals surface area contributed by atoms with Crippen molar-refractivity contribution < 1.29 is 9.59 Å². The lowest BCUT2D eigenvalue weighted by Gasteiger charge is -2.11. The molecule has 0 fully saturated rings. The first-order valence-corrected chi connectivity index (χ1v) is 8.08. The second kappa shape index (κ2) is 8.05. The van der Waals surface area contributed by atoms with Gasteiger partial charge in [0.05, 0.1) is 10.8 Å². The Hall–Kier alpha value is -1.52. The van der Waals surface area contributed by atoms with Crippen LogP contribution in [0.1, 0.15) is 29.6 Å². The van der Waals surface area contributed by atoms with E-state index in [4.69, 9.17) is 11.6 Å². The van der Waals surface area contributed by atoms with E-state index in [2.05, 4.69) is 11.4 Å². The van der Waals surface area contributed by atoms with Crippen LogP contribution in [0.3, 0.4) is 0 Å². The summed E-state index contributed by atoms with van der Waals surface area (Å²) in [7, 11) is 0. The fourth-order valence-corrected chi connectivity index (χ4v) is 2.85. The molecule has 0 aliphatic carbocycles. The van der Waals surface area contributed by atoms with Crippen molar-refractivity contribution >= 4 is 35.4 Å². The van der Waals surface area contributed by atoms with Crippen LogP contribution in [0.4, 0.5) is 0 Å². The summed E-state index contributed by atoms with van der Waals surface area (Å²) >= 11 is 7.25. The van der Waals surface area contributed by atoms with Crippen molar-refractivity contribution in [1.29, 1.82) is 0 Å². The van der Waals surface area contributed by atoms with Crippen molar-refractivity contribution in [2.75, 3.05) is 5.75 Å². The van der Waals surface area contributed by atoms with Crippen molar-refractivity contribution in [3.05, 3.63) is 57.7 Å². The normalized spacial score (nSPS) is 20.0. The standard InChI is InChI=1S/C16H16ClNO2S/c17-14-7-5-13(6-8-14)15(20)11-21-16-4-2-1-3-12(10-19)9-18-16/h4-10,18H,1-3,11H2/b12-9+,16-4-. The lowest BCUT2D eigenvalue weighted by Crippen LogP contribution is -2.10. The summed E-state index contributed by atoms with van der Waals surface area (Å²) < 4.78 is 0. The molecular weight excluding hydrogens is 306 g/mol. The first-order valence-electron chi connectivity index (χ1n) is 6.71. The van der Waals surface area contributed by atoms with Gasteiger partial charge in [-0.1, -0.05) is 17.7 Å².